The zero-order valence-corrected chi connectivity index (χ0v) is 13.2. The second-order valence-corrected chi connectivity index (χ2v) is 5.36. The Morgan fingerprint density at radius 2 is 1.76 bits per heavy atom. The van der Waals surface area contributed by atoms with E-state index in [1.807, 2.05) is 18.2 Å². The van der Waals surface area contributed by atoms with Crippen molar-refractivity contribution in [3.8, 4) is 11.5 Å². The molecule has 0 amide bonds. The normalized spacial score (nSPS) is 16.0. The third kappa shape index (κ3) is 4.09. The molecular formula is C16H26N2O3. The van der Waals surface area contributed by atoms with Gasteiger partial charge in [-0.1, -0.05) is 0 Å². The Bertz CT molecular complexity index is 427. The third-order valence-corrected chi connectivity index (χ3v) is 3.95. The fourth-order valence-corrected chi connectivity index (χ4v) is 2.68. The van der Waals surface area contributed by atoms with Gasteiger partial charge in [0.05, 0.1) is 20.8 Å². The van der Waals surface area contributed by atoms with Crippen molar-refractivity contribution in [2.24, 2.45) is 5.73 Å². The average Bonchev–Trinajstić information content (AvgIpc) is 3.35. The Labute approximate surface area is 127 Å². The molecule has 1 unspecified atom stereocenters. The molecule has 1 aromatic rings. The van der Waals surface area contributed by atoms with E-state index in [4.69, 9.17) is 19.9 Å². The van der Waals surface area contributed by atoms with Crippen molar-refractivity contribution in [3.05, 3.63) is 23.8 Å². The lowest BCUT2D eigenvalue weighted by Crippen LogP contribution is -2.37. The highest BCUT2D eigenvalue weighted by Crippen LogP contribution is 2.36. The second-order valence-electron chi connectivity index (χ2n) is 5.36. The van der Waals surface area contributed by atoms with Crippen molar-refractivity contribution in [2.75, 3.05) is 41.0 Å². The number of nitrogens with two attached hydrogens (primary N) is 1. The molecule has 0 spiro atoms. The van der Waals surface area contributed by atoms with Gasteiger partial charge < -0.3 is 19.9 Å². The predicted molar refractivity (Wildman–Crippen MR) is 82.9 cm³/mol. The molecule has 21 heavy (non-hydrogen) atoms. The maximum Gasteiger partial charge on any atom is 0.122 e. The fraction of sp³-hybridized carbons (Fsp3) is 0.625. The van der Waals surface area contributed by atoms with Crippen LogP contribution < -0.4 is 15.2 Å². The van der Waals surface area contributed by atoms with E-state index in [2.05, 4.69) is 4.90 Å². The van der Waals surface area contributed by atoms with Crippen LogP contribution in [0.5, 0.6) is 11.5 Å². The van der Waals surface area contributed by atoms with Crippen LogP contribution in [0.25, 0.3) is 0 Å². The highest BCUT2D eigenvalue weighted by atomic mass is 16.5. The Balaban J connectivity index is 2.25. The third-order valence-electron chi connectivity index (χ3n) is 3.95. The summed E-state index contributed by atoms with van der Waals surface area (Å²) in [5, 5.41) is 0. The van der Waals surface area contributed by atoms with Crippen LogP contribution in [0.15, 0.2) is 18.2 Å². The smallest absolute Gasteiger partial charge is 0.122 e. The molecule has 1 saturated carbocycles. The van der Waals surface area contributed by atoms with E-state index in [0.29, 0.717) is 19.2 Å². The van der Waals surface area contributed by atoms with E-state index in [1.54, 1.807) is 21.3 Å². The first-order valence-electron chi connectivity index (χ1n) is 7.41. The molecule has 118 valence electrons. The minimum Gasteiger partial charge on any atom is -0.497 e. The zero-order chi connectivity index (χ0) is 15.2. The standard InChI is InChI=1S/C16H26N2O3/c1-19-7-6-18(13-4-5-13)16(11-17)12-8-14(20-2)10-15(9-12)21-3/h8-10,13,16H,4-7,11,17H2,1-3H3. The van der Waals surface area contributed by atoms with Crippen molar-refractivity contribution in [3.63, 3.8) is 0 Å². The summed E-state index contributed by atoms with van der Waals surface area (Å²) in [6.07, 6.45) is 2.47. The molecule has 0 radical (unpaired) electrons. The summed E-state index contributed by atoms with van der Waals surface area (Å²) >= 11 is 0. The lowest BCUT2D eigenvalue weighted by molar-refractivity contribution is 0.115. The highest BCUT2D eigenvalue weighted by Gasteiger charge is 2.34. The molecule has 0 heterocycles. The Kier molecular flexibility index (Phi) is 5.85. The van der Waals surface area contributed by atoms with Gasteiger partial charge in [0, 0.05) is 38.3 Å². The molecule has 2 N–H and O–H groups in total. The number of benzene rings is 1. The topological polar surface area (TPSA) is 57.0 Å². The summed E-state index contributed by atoms with van der Waals surface area (Å²) in [5.41, 5.74) is 7.20. The van der Waals surface area contributed by atoms with Gasteiger partial charge >= 0.3 is 0 Å². The van der Waals surface area contributed by atoms with Crippen LogP contribution in [0.2, 0.25) is 0 Å². The molecule has 1 aliphatic carbocycles. The molecule has 5 nitrogen and oxygen atoms in total. The number of rotatable bonds is 9. The van der Waals surface area contributed by atoms with Crippen LogP contribution in [0.3, 0.4) is 0 Å². The van der Waals surface area contributed by atoms with Gasteiger partial charge in [0.15, 0.2) is 0 Å². The van der Waals surface area contributed by atoms with Crippen LogP contribution in [-0.2, 0) is 4.74 Å². The first-order chi connectivity index (χ1) is 10.2. The van der Waals surface area contributed by atoms with Crippen LogP contribution in [0.1, 0.15) is 24.4 Å². The van der Waals surface area contributed by atoms with Crippen molar-refractivity contribution < 1.29 is 14.2 Å². The summed E-state index contributed by atoms with van der Waals surface area (Å²) in [6.45, 7) is 2.17. The number of nitrogens with zero attached hydrogens (tertiary/aromatic N) is 1. The van der Waals surface area contributed by atoms with E-state index in [0.717, 1.165) is 23.6 Å². The molecule has 1 fully saturated rings. The van der Waals surface area contributed by atoms with Crippen molar-refractivity contribution in [1.82, 2.24) is 4.90 Å². The van der Waals surface area contributed by atoms with Gasteiger partial charge in [-0.2, -0.15) is 0 Å². The van der Waals surface area contributed by atoms with Gasteiger partial charge in [0.1, 0.15) is 11.5 Å². The molecule has 1 aromatic carbocycles. The van der Waals surface area contributed by atoms with E-state index in [9.17, 15) is 0 Å². The molecule has 5 heteroatoms. The van der Waals surface area contributed by atoms with Gasteiger partial charge in [0.25, 0.3) is 0 Å². The van der Waals surface area contributed by atoms with Gasteiger partial charge in [-0.3, -0.25) is 4.90 Å². The molecule has 0 aromatic heterocycles. The SMILES string of the molecule is COCCN(C1CC1)C(CN)c1cc(OC)cc(OC)c1. The number of hydrogen-bond donors (Lipinski definition) is 1. The van der Waals surface area contributed by atoms with Crippen LogP contribution in [0, 0.1) is 0 Å². The van der Waals surface area contributed by atoms with Gasteiger partial charge in [-0.25, -0.2) is 0 Å². The first kappa shape index (κ1) is 16.1. The van der Waals surface area contributed by atoms with Crippen molar-refractivity contribution >= 4 is 0 Å². The molecule has 0 bridgehead atoms. The van der Waals surface area contributed by atoms with E-state index < -0.39 is 0 Å². The molecule has 0 saturated heterocycles. The minimum absolute atomic E-state index is 0.164. The maximum atomic E-state index is 6.06. The number of methoxy groups -OCH3 is 3. The van der Waals surface area contributed by atoms with Crippen LogP contribution >= 0.6 is 0 Å². The predicted octanol–water partition coefficient (Wildman–Crippen LogP) is 1.81. The Morgan fingerprint density at radius 3 is 2.19 bits per heavy atom. The second kappa shape index (κ2) is 7.64. The first-order valence-corrected chi connectivity index (χ1v) is 7.41. The summed E-state index contributed by atoms with van der Waals surface area (Å²) in [6, 6.07) is 6.75. The monoisotopic (exact) mass is 294 g/mol. The Morgan fingerprint density at radius 1 is 1.14 bits per heavy atom. The van der Waals surface area contributed by atoms with Crippen molar-refractivity contribution in [2.45, 2.75) is 24.9 Å². The summed E-state index contributed by atoms with van der Waals surface area (Å²) in [7, 11) is 5.07. The summed E-state index contributed by atoms with van der Waals surface area (Å²) in [5.74, 6) is 1.59. The summed E-state index contributed by atoms with van der Waals surface area (Å²) < 4.78 is 16.0. The lowest BCUT2D eigenvalue weighted by atomic mass is 10.0. The Hall–Kier alpha value is -1.30. The van der Waals surface area contributed by atoms with E-state index >= 15 is 0 Å². The number of hydrogen-bond acceptors (Lipinski definition) is 5. The lowest BCUT2D eigenvalue weighted by Gasteiger charge is -2.31. The average molecular weight is 294 g/mol. The fourth-order valence-electron chi connectivity index (χ4n) is 2.68. The number of ether oxygens (including phenoxy) is 3. The van der Waals surface area contributed by atoms with Gasteiger partial charge in [0.2, 0.25) is 0 Å². The summed E-state index contributed by atoms with van der Waals surface area (Å²) in [4.78, 5) is 2.44. The maximum absolute atomic E-state index is 6.06. The molecule has 0 aliphatic heterocycles. The molecular weight excluding hydrogens is 268 g/mol. The quantitative estimate of drug-likeness (QED) is 0.753. The largest absolute Gasteiger partial charge is 0.497 e. The molecule has 1 aliphatic rings. The molecule has 1 atom stereocenters. The van der Waals surface area contributed by atoms with Gasteiger partial charge in [-0.15, -0.1) is 0 Å². The van der Waals surface area contributed by atoms with Gasteiger partial charge in [-0.05, 0) is 30.5 Å². The molecule has 2 rings (SSSR count). The van der Waals surface area contributed by atoms with Crippen LogP contribution in [-0.4, -0.2) is 52.0 Å². The zero-order valence-electron chi connectivity index (χ0n) is 13.2. The van der Waals surface area contributed by atoms with Crippen LogP contribution in [0.4, 0.5) is 0 Å². The minimum atomic E-state index is 0.164. The van der Waals surface area contributed by atoms with E-state index in [-0.39, 0.29) is 6.04 Å². The highest BCUT2D eigenvalue weighted by molar-refractivity contribution is 5.40. The van der Waals surface area contributed by atoms with Crippen molar-refractivity contribution in [1.29, 1.82) is 0 Å². The van der Waals surface area contributed by atoms with E-state index in [1.165, 1.54) is 12.8 Å².